The number of nitrogens with one attached hydrogen (secondary N) is 1. The highest BCUT2D eigenvalue weighted by molar-refractivity contribution is 5.90. The van der Waals surface area contributed by atoms with Gasteiger partial charge in [0.15, 0.2) is 11.5 Å². The van der Waals surface area contributed by atoms with E-state index in [9.17, 15) is 13.6 Å². The molecule has 0 saturated heterocycles. The normalized spacial score (nSPS) is 10.7. The van der Waals surface area contributed by atoms with E-state index in [4.69, 9.17) is 14.0 Å². The van der Waals surface area contributed by atoms with Crippen LogP contribution in [0, 0.1) is 0 Å². The fourth-order valence-corrected chi connectivity index (χ4v) is 2.61. The summed E-state index contributed by atoms with van der Waals surface area (Å²) in [5.41, 5.74) is 1.14. The molecule has 1 N–H and O–H groups in total. The molecule has 0 radical (unpaired) electrons. The van der Waals surface area contributed by atoms with E-state index in [-0.39, 0.29) is 24.5 Å². The summed E-state index contributed by atoms with van der Waals surface area (Å²) in [5.74, 6) is 1.50. The van der Waals surface area contributed by atoms with Crippen LogP contribution in [0.3, 0.4) is 0 Å². The summed E-state index contributed by atoms with van der Waals surface area (Å²) < 4.78 is 44.2. The molecular formula is C20H19F2N3O5. The highest BCUT2D eigenvalue weighted by Crippen LogP contribution is 2.31. The van der Waals surface area contributed by atoms with Gasteiger partial charge in [0, 0.05) is 24.1 Å². The Morgan fingerprint density at radius 2 is 1.83 bits per heavy atom. The third kappa shape index (κ3) is 5.43. The Morgan fingerprint density at radius 3 is 2.50 bits per heavy atom. The van der Waals surface area contributed by atoms with Crippen LogP contribution in [0.5, 0.6) is 17.2 Å². The number of anilines is 1. The van der Waals surface area contributed by atoms with Crippen molar-refractivity contribution in [1.29, 1.82) is 0 Å². The molecule has 2 aromatic carbocycles. The maximum atomic E-state index is 12.2. The average Bonchev–Trinajstić information content (AvgIpc) is 3.22. The molecule has 0 aliphatic rings. The number of nitrogens with zero attached hydrogens (tertiary/aromatic N) is 2. The molecule has 158 valence electrons. The Balaban J connectivity index is 1.55. The highest BCUT2D eigenvalue weighted by atomic mass is 19.3. The number of aromatic nitrogens is 2. The molecule has 0 fully saturated rings. The maximum Gasteiger partial charge on any atom is 0.387 e. The van der Waals surface area contributed by atoms with Gasteiger partial charge in [-0.3, -0.25) is 4.79 Å². The Kier molecular flexibility index (Phi) is 6.79. The Labute approximate surface area is 170 Å². The molecule has 0 unspecified atom stereocenters. The minimum atomic E-state index is -2.90. The van der Waals surface area contributed by atoms with E-state index < -0.39 is 6.61 Å². The standard InChI is InChI=1S/C20H19F2N3O5/c1-27-15-8-3-12(11-16(15)28-2)19-24-18(30-25-19)10-9-17(26)23-13-4-6-14(7-5-13)29-20(21)22/h3-8,11,20H,9-10H2,1-2H3,(H,23,26). The van der Waals surface area contributed by atoms with Crippen molar-refractivity contribution in [3.8, 4) is 28.6 Å². The van der Waals surface area contributed by atoms with Gasteiger partial charge in [-0.25, -0.2) is 0 Å². The molecule has 1 amide bonds. The minimum absolute atomic E-state index is 0.0107. The molecule has 8 nitrogen and oxygen atoms in total. The number of hydrogen-bond acceptors (Lipinski definition) is 7. The first-order chi connectivity index (χ1) is 14.5. The van der Waals surface area contributed by atoms with Crippen LogP contribution >= 0.6 is 0 Å². The third-order valence-electron chi connectivity index (χ3n) is 4.04. The van der Waals surface area contributed by atoms with Gasteiger partial charge in [-0.05, 0) is 42.5 Å². The van der Waals surface area contributed by atoms with Gasteiger partial charge in [0.05, 0.1) is 14.2 Å². The zero-order valence-corrected chi connectivity index (χ0v) is 16.2. The summed E-state index contributed by atoms with van der Waals surface area (Å²) in [6.45, 7) is -2.90. The predicted octanol–water partition coefficient (Wildman–Crippen LogP) is 3.93. The van der Waals surface area contributed by atoms with E-state index in [2.05, 4.69) is 20.2 Å². The SMILES string of the molecule is COc1ccc(-c2noc(CCC(=O)Nc3ccc(OC(F)F)cc3)n2)cc1OC. The molecule has 1 aromatic heterocycles. The van der Waals surface area contributed by atoms with Crippen LogP contribution in [0.1, 0.15) is 12.3 Å². The van der Waals surface area contributed by atoms with Crippen molar-refractivity contribution in [2.24, 2.45) is 0 Å². The number of rotatable bonds is 9. The van der Waals surface area contributed by atoms with Crippen LogP contribution < -0.4 is 19.5 Å². The minimum Gasteiger partial charge on any atom is -0.493 e. The van der Waals surface area contributed by atoms with Crippen molar-refractivity contribution in [2.75, 3.05) is 19.5 Å². The fraction of sp³-hybridized carbons (Fsp3) is 0.250. The molecule has 10 heteroatoms. The van der Waals surface area contributed by atoms with Gasteiger partial charge in [-0.2, -0.15) is 13.8 Å². The molecule has 0 spiro atoms. The van der Waals surface area contributed by atoms with E-state index >= 15 is 0 Å². The fourth-order valence-electron chi connectivity index (χ4n) is 2.61. The number of aryl methyl sites for hydroxylation is 1. The van der Waals surface area contributed by atoms with Gasteiger partial charge in [0.1, 0.15) is 5.75 Å². The van der Waals surface area contributed by atoms with Gasteiger partial charge in [-0.15, -0.1) is 0 Å². The molecule has 3 rings (SSSR count). The van der Waals surface area contributed by atoms with Crippen LogP contribution in [-0.2, 0) is 11.2 Å². The molecule has 0 aliphatic carbocycles. The number of alkyl halides is 2. The topological polar surface area (TPSA) is 95.7 Å². The Morgan fingerprint density at radius 1 is 1.10 bits per heavy atom. The lowest BCUT2D eigenvalue weighted by Gasteiger charge is -2.07. The second-order valence-electron chi connectivity index (χ2n) is 6.03. The summed E-state index contributed by atoms with van der Waals surface area (Å²) >= 11 is 0. The zero-order chi connectivity index (χ0) is 21.5. The number of ether oxygens (including phenoxy) is 3. The first-order valence-electron chi connectivity index (χ1n) is 8.88. The smallest absolute Gasteiger partial charge is 0.387 e. The van der Waals surface area contributed by atoms with E-state index in [1.165, 1.54) is 31.4 Å². The Hall–Kier alpha value is -3.69. The van der Waals surface area contributed by atoms with Crippen molar-refractivity contribution >= 4 is 11.6 Å². The molecule has 0 atom stereocenters. The zero-order valence-electron chi connectivity index (χ0n) is 16.2. The predicted molar refractivity (Wildman–Crippen MR) is 103 cm³/mol. The molecule has 0 aliphatic heterocycles. The lowest BCUT2D eigenvalue weighted by molar-refractivity contribution is -0.116. The summed E-state index contributed by atoms with van der Waals surface area (Å²) in [6, 6.07) is 10.8. The second kappa shape index (κ2) is 9.68. The van der Waals surface area contributed by atoms with E-state index in [1.807, 2.05) is 0 Å². The molecule has 3 aromatic rings. The molecule has 1 heterocycles. The number of benzene rings is 2. The summed E-state index contributed by atoms with van der Waals surface area (Å²) in [7, 11) is 3.07. The maximum absolute atomic E-state index is 12.2. The molecular weight excluding hydrogens is 400 g/mol. The first kappa shape index (κ1) is 21.0. The lowest BCUT2D eigenvalue weighted by atomic mass is 10.2. The monoisotopic (exact) mass is 419 g/mol. The number of amides is 1. The van der Waals surface area contributed by atoms with Crippen molar-refractivity contribution < 1.29 is 32.3 Å². The van der Waals surface area contributed by atoms with Gasteiger partial charge in [0.25, 0.3) is 0 Å². The summed E-state index contributed by atoms with van der Waals surface area (Å²) in [6.07, 6.45) is 0.335. The van der Waals surface area contributed by atoms with Gasteiger partial charge in [0.2, 0.25) is 17.6 Å². The van der Waals surface area contributed by atoms with Gasteiger partial charge in [-0.1, -0.05) is 5.16 Å². The Bertz CT molecular complexity index is 992. The third-order valence-corrected chi connectivity index (χ3v) is 4.04. The van der Waals surface area contributed by atoms with Gasteiger partial charge < -0.3 is 24.1 Å². The number of carbonyl (C=O) groups is 1. The number of hydrogen-bond donors (Lipinski definition) is 1. The van der Waals surface area contributed by atoms with Gasteiger partial charge >= 0.3 is 6.61 Å². The summed E-state index contributed by atoms with van der Waals surface area (Å²) in [5, 5.41) is 6.58. The number of methoxy groups -OCH3 is 2. The average molecular weight is 419 g/mol. The lowest BCUT2D eigenvalue weighted by Crippen LogP contribution is -2.12. The van der Waals surface area contributed by atoms with E-state index in [0.29, 0.717) is 34.5 Å². The van der Waals surface area contributed by atoms with Crippen LogP contribution in [0.2, 0.25) is 0 Å². The molecule has 0 bridgehead atoms. The molecule has 0 saturated carbocycles. The van der Waals surface area contributed by atoms with Crippen molar-refractivity contribution in [2.45, 2.75) is 19.5 Å². The largest absolute Gasteiger partial charge is 0.493 e. The van der Waals surface area contributed by atoms with Crippen LogP contribution in [0.25, 0.3) is 11.4 Å². The van der Waals surface area contributed by atoms with Crippen LogP contribution in [-0.4, -0.2) is 36.9 Å². The first-order valence-corrected chi connectivity index (χ1v) is 8.88. The quantitative estimate of drug-likeness (QED) is 0.561. The van der Waals surface area contributed by atoms with E-state index in [0.717, 1.165) is 0 Å². The van der Waals surface area contributed by atoms with Crippen molar-refractivity contribution in [3.63, 3.8) is 0 Å². The van der Waals surface area contributed by atoms with E-state index in [1.54, 1.807) is 25.3 Å². The van der Waals surface area contributed by atoms with Crippen molar-refractivity contribution in [1.82, 2.24) is 10.1 Å². The molecule has 30 heavy (non-hydrogen) atoms. The second-order valence-corrected chi connectivity index (χ2v) is 6.03. The number of halogens is 2. The highest BCUT2D eigenvalue weighted by Gasteiger charge is 2.13. The van der Waals surface area contributed by atoms with Crippen LogP contribution in [0.15, 0.2) is 47.0 Å². The summed E-state index contributed by atoms with van der Waals surface area (Å²) in [4.78, 5) is 16.4. The van der Waals surface area contributed by atoms with Crippen molar-refractivity contribution in [3.05, 3.63) is 48.4 Å². The van der Waals surface area contributed by atoms with Crippen LogP contribution in [0.4, 0.5) is 14.5 Å². The number of carbonyl (C=O) groups excluding carboxylic acids is 1.